The molecule has 11 rings (SSSR count). The van der Waals surface area contributed by atoms with E-state index in [1.54, 1.807) is 0 Å². The van der Waals surface area contributed by atoms with E-state index in [4.69, 9.17) is 15.0 Å². The van der Waals surface area contributed by atoms with Crippen LogP contribution in [0, 0.1) is 0 Å². The summed E-state index contributed by atoms with van der Waals surface area (Å²) < 4.78 is 0. The predicted octanol–water partition coefficient (Wildman–Crippen LogP) is 12.0. The second-order valence-corrected chi connectivity index (χ2v) is 13.9. The summed E-state index contributed by atoms with van der Waals surface area (Å²) in [4.78, 5) is 15.2. The van der Waals surface area contributed by atoms with E-state index in [0.29, 0.717) is 17.5 Å². The first-order valence-electron chi connectivity index (χ1n) is 18.1. The molecule has 8 aromatic carbocycles. The summed E-state index contributed by atoms with van der Waals surface area (Å²) in [6.45, 7) is 0. The standard InChI is InChI=1S/C50H31N3/c1-3-16-32(17-4-1)47-51-48(33-18-5-2-6-19-33)53-49(52-47)40-27-14-23-34-35(24-13-25-36(34)40)39-26-15-31-45-46(39)41-22-9-12-30-44(41)50(45)42-28-10-7-20-37(42)38-21-8-11-29-43(38)50/h1-31H. The summed E-state index contributed by atoms with van der Waals surface area (Å²) in [6.07, 6.45) is 0. The Morgan fingerprint density at radius 2 is 0.660 bits per heavy atom. The third kappa shape index (κ3) is 4.25. The molecule has 1 aromatic heterocycles. The topological polar surface area (TPSA) is 38.7 Å². The molecule has 2 aliphatic rings. The monoisotopic (exact) mass is 673 g/mol. The third-order valence-corrected chi connectivity index (χ3v) is 11.2. The molecule has 53 heavy (non-hydrogen) atoms. The Bertz CT molecular complexity index is 2790. The van der Waals surface area contributed by atoms with E-state index in [1.807, 2.05) is 36.4 Å². The van der Waals surface area contributed by atoms with Crippen LogP contribution in [-0.4, -0.2) is 15.0 Å². The average Bonchev–Trinajstić information content (AvgIpc) is 3.71. The molecule has 0 bridgehead atoms. The smallest absolute Gasteiger partial charge is 0.164 e. The van der Waals surface area contributed by atoms with Crippen molar-refractivity contribution in [2.24, 2.45) is 0 Å². The van der Waals surface area contributed by atoms with Crippen molar-refractivity contribution in [2.45, 2.75) is 5.41 Å². The van der Waals surface area contributed by atoms with Gasteiger partial charge in [0, 0.05) is 16.7 Å². The van der Waals surface area contributed by atoms with Crippen LogP contribution in [0.5, 0.6) is 0 Å². The van der Waals surface area contributed by atoms with E-state index in [1.165, 1.54) is 55.6 Å². The highest BCUT2D eigenvalue weighted by Gasteiger charge is 2.51. The van der Waals surface area contributed by atoms with Crippen LogP contribution < -0.4 is 0 Å². The second-order valence-electron chi connectivity index (χ2n) is 13.9. The van der Waals surface area contributed by atoms with Gasteiger partial charge in [-0.2, -0.15) is 0 Å². The molecule has 2 aliphatic carbocycles. The third-order valence-electron chi connectivity index (χ3n) is 11.2. The van der Waals surface area contributed by atoms with Crippen molar-refractivity contribution in [1.29, 1.82) is 0 Å². The molecule has 9 aromatic rings. The highest BCUT2D eigenvalue weighted by molar-refractivity contribution is 6.08. The lowest BCUT2D eigenvalue weighted by Gasteiger charge is -2.30. The van der Waals surface area contributed by atoms with Crippen LogP contribution in [-0.2, 0) is 5.41 Å². The first kappa shape index (κ1) is 29.7. The van der Waals surface area contributed by atoms with Crippen molar-refractivity contribution in [2.75, 3.05) is 0 Å². The number of aromatic nitrogens is 3. The maximum atomic E-state index is 5.11. The number of rotatable bonds is 4. The molecule has 0 radical (unpaired) electrons. The van der Waals surface area contributed by atoms with Gasteiger partial charge >= 0.3 is 0 Å². The Morgan fingerprint density at radius 3 is 1.26 bits per heavy atom. The van der Waals surface area contributed by atoms with E-state index in [2.05, 4.69) is 152 Å². The van der Waals surface area contributed by atoms with Crippen molar-refractivity contribution < 1.29 is 0 Å². The summed E-state index contributed by atoms with van der Waals surface area (Å²) in [6, 6.07) is 67.4. The van der Waals surface area contributed by atoms with Crippen LogP contribution in [0.15, 0.2) is 188 Å². The van der Waals surface area contributed by atoms with E-state index in [0.717, 1.165) is 27.5 Å². The fraction of sp³-hybridized carbons (Fsp3) is 0.0200. The Hall–Kier alpha value is -6.97. The van der Waals surface area contributed by atoms with Gasteiger partial charge in [0.2, 0.25) is 0 Å². The Labute approximate surface area is 308 Å². The molecule has 246 valence electrons. The lowest BCUT2D eigenvalue weighted by atomic mass is 9.70. The summed E-state index contributed by atoms with van der Waals surface area (Å²) in [5.74, 6) is 1.97. The fourth-order valence-electron chi connectivity index (χ4n) is 9.04. The lowest BCUT2D eigenvalue weighted by molar-refractivity contribution is 0.794. The van der Waals surface area contributed by atoms with Crippen LogP contribution >= 0.6 is 0 Å². The van der Waals surface area contributed by atoms with E-state index in [9.17, 15) is 0 Å². The molecule has 0 amide bonds. The van der Waals surface area contributed by atoms with Crippen LogP contribution in [0.4, 0.5) is 0 Å². The van der Waals surface area contributed by atoms with Gasteiger partial charge in [-0.3, -0.25) is 0 Å². The van der Waals surface area contributed by atoms with Crippen LogP contribution in [0.1, 0.15) is 22.3 Å². The molecule has 0 saturated carbocycles. The zero-order chi connectivity index (χ0) is 34.9. The molecule has 1 heterocycles. The van der Waals surface area contributed by atoms with Crippen molar-refractivity contribution >= 4 is 10.8 Å². The quantitative estimate of drug-likeness (QED) is 0.187. The van der Waals surface area contributed by atoms with Crippen LogP contribution in [0.2, 0.25) is 0 Å². The second kappa shape index (κ2) is 11.5. The minimum absolute atomic E-state index is 0.391. The van der Waals surface area contributed by atoms with Crippen molar-refractivity contribution in [3.63, 3.8) is 0 Å². The minimum atomic E-state index is -0.391. The van der Waals surface area contributed by atoms with Gasteiger partial charge in [0.15, 0.2) is 17.5 Å². The Balaban J connectivity index is 1.15. The molecular weight excluding hydrogens is 643 g/mol. The Kier molecular flexibility index (Phi) is 6.47. The van der Waals surface area contributed by atoms with Gasteiger partial charge < -0.3 is 0 Å². The molecule has 1 spiro atoms. The number of hydrogen-bond donors (Lipinski definition) is 0. The SMILES string of the molecule is c1ccc(-c2nc(-c3ccccc3)nc(-c3cccc4c(-c5cccc6c5-c5ccccc5C65c6ccccc6-c6ccccc65)cccc34)n2)cc1. The first-order valence-corrected chi connectivity index (χ1v) is 18.1. The number of nitrogens with zero attached hydrogens (tertiary/aromatic N) is 3. The molecule has 0 atom stereocenters. The highest BCUT2D eigenvalue weighted by atomic mass is 15.0. The predicted molar refractivity (Wildman–Crippen MR) is 215 cm³/mol. The number of benzene rings is 8. The number of hydrogen-bond acceptors (Lipinski definition) is 3. The summed E-state index contributed by atoms with van der Waals surface area (Å²) >= 11 is 0. The molecule has 0 N–H and O–H groups in total. The van der Waals surface area contributed by atoms with Gasteiger partial charge in [-0.05, 0) is 66.4 Å². The summed E-state index contributed by atoms with van der Waals surface area (Å²) in [7, 11) is 0. The van der Waals surface area contributed by atoms with Crippen LogP contribution in [0.25, 0.3) is 78.3 Å². The van der Waals surface area contributed by atoms with E-state index >= 15 is 0 Å². The molecule has 0 saturated heterocycles. The van der Waals surface area contributed by atoms with Crippen LogP contribution in [0.3, 0.4) is 0 Å². The van der Waals surface area contributed by atoms with Gasteiger partial charge in [-0.15, -0.1) is 0 Å². The fourth-order valence-corrected chi connectivity index (χ4v) is 9.04. The maximum Gasteiger partial charge on any atom is 0.164 e. The largest absolute Gasteiger partial charge is 0.208 e. The first-order chi connectivity index (χ1) is 26.3. The van der Waals surface area contributed by atoms with Gasteiger partial charge in [0.1, 0.15) is 0 Å². The minimum Gasteiger partial charge on any atom is -0.208 e. The molecular formula is C50H31N3. The average molecular weight is 674 g/mol. The van der Waals surface area contributed by atoms with Crippen molar-refractivity contribution in [3.8, 4) is 67.5 Å². The molecule has 0 fully saturated rings. The normalized spacial score (nSPS) is 13.1. The van der Waals surface area contributed by atoms with Gasteiger partial charge in [0.25, 0.3) is 0 Å². The van der Waals surface area contributed by atoms with Gasteiger partial charge in [0.05, 0.1) is 5.41 Å². The highest BCUT2D eigenvalue weighted by Crippen LogP contribution is 2.64. The van der Waals surface area contributed by atoms with E-state index < -0.39 is 5.41 Å². The summed E-state index contributed by atoms with van der Waals surface area (Å²) in [5, 5.41) is 2.26. The molecule has 3 heteroatoms. The maximum absolute atomic E-state index is 5.11. The van der Waals surface area contributed by atoms with Gasteiger partial charge in [-0.1, -0.05) is 188 Å². The lowest BCUT2D eigenvalue weighted by Crippen LogP contribution is -2.25. The number of fused-ring (bicyclic) bond motifs is 11. The molecule has 0 aliphatic heterocycles. The zero-order valence-corrected chi connectivity index (χ0v) is 28.7. The molecule has 0 unspecified atom stereocenters. The molecule has 3 nitrogen and oxygen atoms in total. The van der Waals surface area contributed by atoms with Crippen molar-refractivity contribution in [1.82, 2.24) is 15.0 Å². The summed E-state index contributed by atoms with van der Waals surface area (Å²) in [5.41, 5.74) is 15.5. The van der Waals surface area contributed by atoms with Crippen molar-refractivity contribution in [3.05, 3.63) is 210 Å². The Morgan fingerprint density at radius 1 is 0.264 bits per heavy atom. The van der Waals surface area contributed by atoms with Gasteiger partial charge in [-0.25, -0.2) is 15.0 Å². The van der Waals surface area contributed by atoms with E-state index in [-0.39, 0.29) is 0 Å². The zero-order valence-electron chi connectivity index (χ0n) is 28.7.